The van der Waals surface area contributed by atoms with Gasteiger partial charge in [0.1, 0.15) is 0 Å². The predicted octanol–water partition coefficient (Wildman–Crippen LogP) is 2.45. The first-order valence-electron chi connectivity index (χ1n) is 9.68. The Morgan fingerprint density at radius 2 is 1.93 bits per heavy atom. The average Bonchev–Trinajstić information content (AvgIpc) is 2.74. The number of hydrogen-bond acceptors (Lipinski definition) is 5. The van der Waals surface area contributed by atoms with E-state index in [9.17, 15) is 14.4 Å². The molecule has 0 atom stereocenters. The number of rotatable bonds is 4. The Bertz CT molecular complexity index is 1230. The molecule has 0 aliphatic carbocycles. The lowest BCUT2D eigenvalue weighted by Gasteiger charge is -2.30. The van der Waals surface area contributed by atoms with E-state index >= 15 is 0 Å². The summed E-state index contributed by atoms with van der Waals surface area (Å²) >= 11 is 6.16. The Labute approximate surface area is 177 Å². The molecule has 2 heterocycles. The van der Waals surface area contributed by atoms with Gasteiger partial charge in [-0.25, -0.2) is 4.79 Å². The molecule has 1 aliphatic rings. The fourth-order valence-electron chi connectivity index (χ4n) is 3.57. The monoisotopic (exact) mass is 428 g/mol. The van der Waals surface area contributed by atoms with Gasteiger partial charge < -0.3 is 19.9 Å². The fraction of sp³-hybridized carbons (Fsp3) is 0.286. The van der Waals surface area contributed by atoms with Crippen LogP contribution in [0.4, 0.5) is 11.4 Å². The van der Waals surface area contributed by atoms with Gasteiger partial charge in [-0.05, 0) is 43.3 Å². The van der Waals surface area contributed by atoms with E-state index in [0.717, 1.165) is 10.3 Å². The highest BCUT2D eigenvalue weighted by Crippen LogP contribution is 2.30. The van der Waals surface area contributed by atoms with Crippen LogP contribution in [0.3, 0.4) is 0 Å². The van der Waals surface area contributed by atoms with Crippen molar-refractivity contribution in [2.45, 2.75) is 13.5 Å². The number of hydrogen-bond donors (Lipinski definition) is 2. The summed E-state index contributed by atoms with van der Waals surface area (Å²) in [7, 11) is 0. The smallest absolute Gasteiger partial charge is 0.328 e. The van der Waals surface area contributed by atoms with Gasteiger partial charge in [-0.3, -0.25) is 14.2 Å². The van der Waals surface area contributed by atoms with Crippen molar-refractivity contribution in [1.29, 1.82) is 0 Å². The van der Waals surface area contributed by atoms with E-state index in [0.29, 0.717) is 53.5 Å². The second-order valence-electron chi connectivity index (χ2n) is 6.95. The molecule has 8 nitrogen and oxygen atoms in total. The zero-order valence-electron chi connectivity index (χ0n) is 16.4. The van der Waals surface area contributed by atoms with Crippen molar-refractivity contribution >= 4 is 39.8 Å². The summed E-state index contributed by atoms with van der Waals surface area (Å²) in [5.41, 5.74) is 1.20. The zero-order chi connectivity index (χ0) is 21.3. The summed E-state index contributed by atoms with van der Waals surface area (Å²) in [6, 6.07) is 9.97. The molecule has 2 aromatic carbocycles. The van der Waals surface area contributed by atoms with Gasteiger partial charge in [-0.2, -0.15) is 0 Å². The summed E-state index contributed by atoms with van der Waals surface area (Å²) in [4.78, 5) is 42.2. The van der Waals surface area contributed by atoms with Crippen molar-refractivity contribution in [2.24, 2.45) is 0 Å². The maximum atomic E-state index is 12.9. The van der Waals surface area contributed by atoms with Crippen molar-refractivity contribution in [3.8, 4) is 0 Å². The van der Waals surface area contributed by atoms with Gasteiger partial charge in [0.25, 0.3) is 11.5 Å². The summed E-state index contributed by atoms with van der Waals surface area (Å²) in [6.07, 6.45) is 0. The molecular formula is C21H21ClN4O4. The molecule has 2 N–H and O–H groups in total. The van der Waals surface area contributed by atoms with Gasteiger partial charge in [-0.15, -0.1) is 0 Å². The van der Waals surface area contributed by atoms with Crippen LogP contribution < -0.4 is 21.5 Å². The highest BCUT2D eigenvalue weighted by molar-refractivity contribution is 6.31. The Kier molecular flexibility index (Phi) is 5.61. The number of nitrogens with one attached hydrogen (secondary N) is 2. The zero-order valence-corrected chi connectivity index (χ0v) is 17.2. The molecule has 0 spiro atoms. The third-order valence-electron chi connectivity index (χ3n) is 5.12. The quantitative estimate of drug-likeness (QED) is 0.665. The number of aromatic nitrogens is 2. The number of fused-ring (bicyclic) bond motifs is 1. The number of aromatic amines is 1. The largest absolute Gasteiger partial charge is 0.378 e. The minimum atomic E-state index is -0.503. The number of nitrogens with zero attached hydrogens (tertiary/aromatic N) is 2. The van der Waals surface area contributed by atoms with Gasteiger partial charge in [0.2, 0.25) is 0 Å². The first-order chi connectivity index (χ1) is 14.5. The second-order valence-corrected chi connectivity index (χ2v) is 7.39. The Balaban J connectivity index is 1.67. The molecule has 0 unspecified atom stereocenters. The van der Waals surface area contributed by atoms with Crippen LogP contribution in [0.25, 0.3) is 10.9 Å². The highest BCUT2D eigenvalue weighted by atomic mass is 35.5. The maximum absolute atomic E-state index is 12.9. The van der Waals surface area contributed by atoms with Crippen LogP contribution in [0.2, 0.25) is 5.02 Å². The standard InChI is InChI=1S/C21H21ClN4O4/c1-2-26-20(28)15-5-3-13(11-16(15)24-21(26)29)19(27)23-17-12-14(22)4-6-18(17)25-7-9-30-10-8-25/h3-6,11-12H,2,7-10H2,1H3,(H,23,27)(H,24,29). The highest BCUT2D eigenvalue weighted by Gasteiger charge is 2.18. The number of carbonyl (C=O) groups is 1. The lowest BCUT2D eigenvalue weighted by atomic mass is 10.1. The van der Waals surface area contributed by atoms with Gasteiger partial charge in [0.15, 0.2) is 0 Å². The number of morpholine rings is 1. The summed E-state index contributed by atoms with van der Waals surface area (Å²) < 4.78 is 6.51. The molecule has 1 saturated heterocycles. The molecule has 1 amide bonds. The van der Waals surface area contributed by atoms with E-state index in [4.69, 9.17) is 16.3 Å². The first kappa shape index (κ1) is 20.2. The fourth-order valence-corrected chi connectivity index (χ4v) is 3.74. The van der Waals surface area contributed by atoms with Crippen LogP contribution in [0.1, 0.15) is 17.3 Å². The van der Waals surface area contributed by atoms with Crippen LogP contribution in [-0.4, -0.2) is 41.8 Å². The molecule has 9 heteroatoms. The van der Waals surface area contributed by atoms with Gasteiger partial charge in [0.05, 0.1) is 35.5 Å². The van der Waals surface area contributed by atoms with Gasteiger partial charge in [0, 0.05) is 30.2 Å². The number of anilines is 2. The van der Waals surface area contributed by atoms with Crippen molar-refractivity contribution in [1.82, 2.24) is 9.55 Å². The summed E-state index contributed by atoms with van der Waals surface area (Å²) in [5.74, 6) is -0.366. The Morgan fingerprint density at radius 1 is 1.17 bits per heavy atom. The van der Waals surface area contributed by atoms with Crippen molar-refractivity contribution in [3.63, 3.8) is 0 Å². The van der Waals surface area contributed by atoms with Crippen LogP contribution in [0, 0.1) is 0 Å². The van der Waals surface area contributed by atoms with Crippen LogP contribution in [0.15, 0.2) is 46.0 Å². The topological polar surface area (TPSA) is 96.4 Å². The molecule has 1 aromatic heterocycles. The van der Waals surface area contributed by atoms with Gasteiger partial charge in [-0.1, -0.05) is 11.6 Å². The van der Waals surface area contributed by atoms with E-state index < -0.39 is 5.69 Å². The molecule has 3 aromatic rings. The van der Waals surface area contributed by atoms with E-state index in [1.54, 1.807) is 31.2 Å². The van der Waals surface area contributed by atoms with Crippen LogP contribution in [0.5, 0.6) is 0 Å². The SMILES string of the molecule is CCn1c(=O)[nH]c2cc(C(=O)Nc3cc(Cl)ccc3N3CCOCC3)ccc2c1=O. The predicted molar refractivity (Wildman–Crippen MR) is 117 cm³/mol. The first-order valence-corrected chi connectivity index (χ1v) is 10.1. The van der Waals surface area contributed by atoms with Crippen LogP contribution in [-0.2, 0) is 11.3 Å². The number of amides is 1. The number of ether oxygens (including phenoxy) is 1. The third-order valence-corrected chi connectivity index (χ3v) is 5.35. The van der Waals surface area contributed by atoms with E-state index in [2.05, 4.69) is 15.2 Å². The molecule has 30 heavy (non-hydrogen) atoms. The molecule has 1 fully saturated rings. The average molecular weight is 429 g/mol. The number of H-pyrrole nitrogens is 1. The van der Waals surface area contributed by atoms with Gasteiger partial charge >= 0.3 is 5.69 Å². The molecule has 4 rings (SSSR count). The van der Waals surface area contributed by atoms with E-state index in [1.807, 2.05) is 6.07 Å². The van der Waals surface area contributed by atoms with E-state index in [-0.39, 0.29) is 18.0 Å². The molecule has 156 valence electrons. The Hall–Kier alpha value is -3.10. The summed E-state index contributed by atoms with van der Waals surface area (Å²) in [6.45, 7) is 4.65. The lowest BCUT2D eigenvalue weighted by molar-refractivity contribution is 0.102. The summed E-state index contributed by atoms with van der Waals surface area (Å²) in [5, 5.41) is 3.76. The molecular weight excluding hydrogens is 408 g/mol. The molecule has 1 aliphatic heterocycles. The lowest BCUT2D eigenvalue weighted by Crippen LogP contribution is -2.36. The third kappa shape index (κ3) is 3.83. The van der Waals surface area contributed by atoms with Crippen LogP contribution >= 0.6 is 11.6 Å². The molecule has 0 radical (unpaired) electrons. The Morgan fingerprint density at radius 3 is 2.67 bits per heavy atom. The minimum absolute atomic E-state index is 0.269. The number of benzene rings is 2. The number of halogens is 1. The normalized spacial score (nSPS) is 14.1. The minimum Gasteiger partial charge on any atom is -0.378 e. The van der Waals surface area contributed by atoms with Crippen molar-refractivity contribution < 1.29 is 9.53 Å². The van der Waals surface area contributed by atoms with E-state index in [1.165, 1.54) is 6.07 Å². The number of carbonyl (C=O) groups excluding carboxylic acids is 1. The molecule has 0 bridgehead atoms. The maximum Gasteiger partial charge on any atom is 0.328 e. The molecule has 0 saturated carbocycles. The van der Waals surface area contributed by atoms with Crippen molar-refractivity contribution in [2.75, 3.05) is 36.5 Å². The second kappa shape index (κ2) is 8.33. The van der Waals surface area contributed by atoms with Crippen molar-refractivity contribution in [3.05, 3.63) is 67.8 Å².